The molecule has 1 atom stereocenters. The summed E-state index contributed by atoms with van der Waals surface area (Å²) >= 11 is 0. The molecule has 1 amide bonds. The van der Waals surface area contributed by atoms with Crippen LogP contribution in [0, 0.1) is 6.07 Å². The van der Waals surface area contributed by atoms with Crippen molar-refractivity contribution >= 4 is 23.3 Å². The van der Waals surface area contributed by atoms with Gasteiger partial charge in [0.2, 0.25) is 0 Å². The predicted octanol–water partition coefficient (Wildman–Crippen LogP) is 4.92. The first-order valence-corrected chi connectivity index (χ1v) is 11.8. The van der Waals surface area contributed by atoms with Gasteiger partial charge in [-0.1, -0.05) is 54.6 Å². The number of nitrogens with one attached hydrogen (secondary N) is 4. The Bertz CT molecular complexity index is 1400. The smallest absolute Gasteiger partial charge is 0.143 e. The molecule has 5 aromatic rings. The number of fused-ring (bicyclic) bond motifs is 1. The zero-order valence-electron chi connectivity index (χ0n) is 21.0. The fourth-order valence-electron chi connectivity index (χ4n) is 3.93. The monoisotopic (exact) mass is 581 g/mol. The molecule has 5 rings (SSSR count). The van der Waals surface area contributed by atoms with Gasteiger partial charge in [-0.2, -0.15) is 30.3 Å². The minimum absolute atomic E-state index is 0. The standard InChI is InChI=1S/C28H26N5.CH2NO2.Y/c1-20(23-10-6-3-7-11-23)32-27-25-16-26(33-28(25)31-19-30-27)24-14-12-22(13-15-24)18-29-17-21-8-4-2-5-9-21;3-1-2-4;/h3-16,19-20,29H,17-18H2,1H3,(H2,30,31,32,33);4H,(H,2,3);/q2*-1;/t20-;;/m1../s1. The van der Waals surface area contributed by atoms with E-state index >= 15 is 0 Å². The van der Waals surface area contributed by atoms with Crippen molar-refractivity contribution in [3.05, 3.63) is 114 Å². The van der Waals surface area contributed by atoms with Crippen molar-refractivity contribution in [2.24, 2.45) is 0 Å². The summed E-state index contributed by atoms with van der Waals surface area (Å²) in [6, 6.07) is 32.3. The maximum absolute atomic E-state index is 8.69. The molecule has 0 spiro atoms. The molecule has 0 bridgehead atoms. The number of aromatic nitrogens is 3. The van der Waals surface area contributed by atoms with Gasteiger partial charge in [-0.25, -0.2) is 9.97 Å². The first-order valence-electron chi connectivity index (χ1n) is 11.8. The van der Waals surface area contributed by atoms with E-state index in [1.54, 1.807) is 6.33 Å². The maximum Gasteiger partial charge on any atom is 0.143 e. The fourth-order valence-corrected chi connectivity index (χ4v) is 3.93. The molecule has 2 aromatic heterocycles. The molecule has 9 heteroatoms. The van der Waals surface area contributed by atoms with Gasteiger partial charge >= 0.3 is 0 Å². The van der Waals surface area contributed by atoms with E-state index in [1.165, 1.54) is 16.7 Å². The van der Waals surface area contributed by atoms with Crippen LogP contribution >= 0.6 is 0 Å². The molecule has 191 valence electrons. The van der Waals surface area contributed by atoms with Crippen LogP contribution in [-0.2, 0) is 50.6 Å². The normalized spacial score (nSPS) is 11.0. The zero-order valence-corrected chi connectivity index (χ0v) is 23.8. The van der Waals surface area contributed by atoms with Crippen LogP contribution in [-0.4, -0.2) is 26.6 Å². The van der Waals surface area contributed by atoms with Crippen LogP contribution in [0.25, 0.3) is 22.3 Å². The van der Waals surface area contributed by atoms with Crippen molar-refractivity contribution in [1.82, 2.24) is 25.7 Å². The number of benzene rings is 3. The number of hydrogen-bond donors (Lipinski definition) is 5. The molecule has 0 saturated heterocycles. The van der Waals surface area contributed by atoms with Gasteiger partial charge in [0.05, 0.1) is 5.39 Å². The SMILES string of the molecule is C[C@@H](Nc1ncnc2[nH]c(-c3ccc(CNCc4cc[c-]cc4)cc3)cc12)c1ccccc1.O=[C-]NO.[Y]. The summed E-state index contributed by atoms with van der Waals surface area (Å²) < 4.78 is 0. The molecule has 0 aliphatic rings. The summed E-state index contributed by atoms with van der Waals surface area (Å²) in [4.78, 5) is 21.1. The van der Waals surface area contributed by atoms with Crippen molar-refractivity contribution in [3.8, 4) is 11.3 Å². The van der Waals surface area contributed by atoms with Crippen LogP contribution in [0.5, 0.6) is 0 Å². The van der Waals surface area contributed by atoms with Gasteiger partial charge in [0, 0.05) is 51.0 Å². The van der Waals surface area contributed by atoms with E-state index < -0.39 is 0 Å². The van der Waals surface area contributed by atoms with Gasteiger partial charge in [0.15, 0.2) is 0 Å². The first kappa shape index (κ1) is 29.1. The number of anilines is 1. The van der Waals surface area contributed by atoms with Crippen LogP contribution in [0.2, 0.25) is 0 Å². The van der Waals surface area contributed by atoms with Crippen LogP contribution in [0.3, 0.4) is 0 Å². The first-order chi connectivity index (χ1) is 18.2. The van der Waals surface area contributed by atoms with E-state index in [0.29, 0.717) is 0 Å². The summed E-state index contributed by atoms with van der Waals surface area (Å²) in [6.45, 7) is 3.80. The Balaban J connectivity index is 0.000000749. The summed E-state index contributed by atoms with van der Waals surface area (Å²) in [6.07, 6.45) is 2.59. The van der Waals surface area contributed by atoms with Crippen LogP contribution in [0.15, 0.2) is 91.3 Å². The Morgan fingerprint density at radius 2 is 1.63 bits per heavy atom. The van der Waals surface area contributed by atoms with E-state index in [4.69, 9.17) is 10.0 Å². The molecule has 5 N–H and O–H groups in total. The average Bonchev–Trinajstić information content (AvgIpc) is 3.40. The van der Waals surface area contributed by atoms with Crippen LogP contribution < -0.4 is 16.1 Å². The molecular formula is C29H28N6O2Y-2. The van der Waals surface area contributed by atoms with Gasteiger partial charge in [-0.15, -0.1) is 12.0 Å². The second-order valence-electron chi connectivity index (χ2n) is 8.37. The number of H-pyrrole nitrogens is 1. The Morgan fingerprint density at radius 3 is 2.29 bits per heavy atom. The third-order valence-electron chi connectivity index (χ3n) is 5.83. The van der Waals surface area contributed by atoms with Gasteiger partial charge in [0.25, 0.3) is 0 Å². The molecule has 0 aliphatic carbocycles. The number of rotatable bonds is 9. The summed E-state index contributed by atoms with van der Waals surface area (Å²) in [7, 11) is 0. The number of nitrogens with zero attached hydrogens (tertiary/aromatic N) is 2. The molecule has 0 saturated carbocycles. The summed E-state index contributed by atoms with van der Waals surface area (Å²) in [5.41, 5.74) is 7.83. The Kier molecular flexibility index (Phi) is 11.6. The molecule has 0 aliphatic heterocycles. The quantitative estimate of drug-likeness (QED) is 0.0731. The van der Waals surface area contributed by atoms with Crippen LogP contribution in [0.4, 0.5) is 5.82 Å². The number of amides is 1. The van der Waals surface area contributed by atoms with E-state index in [1.807, 2.05) is 18.2 Å². The maximum atomic E-state index is 8.69. The van der Waals surface area contributed by atoms with Crippen molar-refractivity contribution in [1.29, 1.82) is 0 Å². The Labute approximate surface area is 247 Å². The van der Waals surface area contributed by atoms with E-state index in [0.717, 1.165) is 53.1 Å². The van der Waals surface area contributed by atoms with Crippen molar-refractivity contribution in [2.45, 2.75) is 26.1 Å². The van der Waals surface area contributed by atoms with Crippen molar-refractivity contribution < 1.29 is 42.7 Å². The molecule has 3 aromatic carbocycles. The topological polar surface area (TPSA) is 115 Å². The third-order valence-corrected chi connectivity index (χ3v) is 5.83. The molecule has 38 heavy (non-hydrogen) atoms. The number of hydrogen-bond acceptors (Lipinski definition) is 6. The molecule has 8 nitrogen and oxygen atoms in total. The number of carbonyl (C=O) groups excluding carboxylic acids is 1. The number of hydroxylamine groups is 1. The van der Waals surface area contributed by atoms with E-state index in [-0.39, 0.29) is 38.8 Å². The zero-order chi connectivity index (χ0) is 25.9. The molecule has 2 heterocycles. The predicted molar refractivity (Wildman–Crippen MR) is 144 cm³/mol. The van der Waals surface area contributed by atoms with E-state index in [9.17, 15) is 0 Å². The summed E-state index contributed by atoms with van der Waals surface area (Å²) in [5.74, 6) is 0.832. The molecule has 0 unspecified atom stereocenters. The summed E-state index contributed by atoms with van der Waals surface area (Å²) in [5, 5.41) is 15.2. The molecule has 0 fully saturated rings. The van der Waals surface area contributed by atoms with Gasteiger partial charge in [-0.05, 0) is 36.2 Å². The van der Waals surface area contributed by atoms with E-state index in [2.05, 4.69) is 105 Å². The fraction of sp³-hybridized carbons (Fsp3) is 0.138. The molecule has 1 radical (unpaired) electrons. The van der Waals surface area contributed by atoms with Crippen LogP contribution in [0.1, 0.15) is 29.7 Å². The van der Waals surface area contributed by atoms with Crippen molar-refractivity contribution in [2.75, 3.05) is 5.32 Å². The van der Waals surface area contributed by atoms with Crippen molar-refractivity contribution in [3.63, 3.8) is 0 Å². The average molecular weight is 581 g/mol. The minimum atomic E-state index is 0. The van der Waals surface area contributed by atoms with Gasteiger partial charge in [0.1, 0.15) is 17.8 Å². The Hall–Kier alpha value is -3.43. The second kappa shape index (κ2) is 15.1. The number of aromatic amines is 1. The Morgan fingerprint density at radius 1 is 0.974 bits per heavy atom. The third kappa shape index (κ3) is 8.03. The van der Waals surface area contributed by atoms with Gasteiger partial charge < -0.3 is 31.1 Å². The molecular weight excluding hydrogens is 553 g/mol. The minimum Gasteiger partial charge on any atom is -0.518 e. The second-order valence-corrected chi connectivity index (χ2v) is 8.37. The van der Waals surface area contributed by atoms with Gasteiger partial charge in [-0.3, -0.25) is 0 Å². The largest absolute Gasteiger partial charge is 0.518 e.